The third-order valence-corrected chi connectivity index (χ3v) is 3.78. The smallest absolute Gasteiger partial charge is 0.374 e. The van der Waals surface area contributed by atoms with Gasteiger partial charge in [0.1, 0.15) is 0 Å². The van der Waals surface area contributed by atoms with Crippen molar-refractivity contribution >= 4 is 34.4 Å². The van der Waals surface area contributed by atoms with Gasteiger partial charge in [0.05, 0.1) is 29.9 Å². The van der Waals surface area contributed by atoms with Crippen LogP contribution in [0.3, 0.4) is 0 Å². The van der Waals surface area contributed by atoms with Gasteiger partial charge in [0.2, 0.25) is 5.82 Å². The fourth-order valence-electron chi connectivity index (χ4n) is 2.76. The summed E-state index contributed by atoms with van der Waals surface area (Å²) in [6, 6.07) is 6.77. The number of benzene rings is 1. The zero-order valence-corrected chi connectivity index (χ0v) is 12.2. The Hall–Kier alpha value is -3.22. The minimum Gasteiger partial charge on any atom is -0.463 e. The fraction of sp³-hybridized carbons (Fsp3) is 0.125. The lowest BCUT2D eigenvalue weighted by Crippen LogP contribution is -2.31. The summed E-state index contributed by atoms with van der Waals surface area (Å²) < 4.78 is 6.56. The van der Waals surface area contributed by atoms with E-state index in [-0.39, 0.29) is 17.9 Å². The standard InChI is InChI=1S/C16H12N4O3/c1-23-15(21)14-17-11-4-2-3-5-13(11)20(14)9-6-7-10-12(8-9)19-16(22)18-10/h2-8,12H,1H3,(H,19,22). The van der Waals surface area contributed by atoms with Crippen LogP contribution in [0.2, 0.25) is 0 Å². The average Bonchev–Trinajstić information content (AvgIpc) is 3.12. The number of imidazole rings is 1. The Bertz CT molecular complexity index is 936. The zero-order chi connectivity index (χ0) is 16.0. The van der Waals surface area contributed by atoms with Gasteiger partial charge in [-0.2, -0.15) is 4.99 Å². The predicted octanol–water partition coefficient (Wildman–Crippen LogP) is 1.77. The van der Waals surface area contributed by atoms with E-state index in [1.807, 2.05) is 30.3 Å². The molecule has 7 heteroatoms. The molecule has 1 aromatic heterocycles. The number of esters is 1. The van der Waals surface area contributed by atoms with Crippen LogP contribution < -0.4 is 5.32 Å². The van der Waals surface area contributed by atoms with Crippen molar-refractivity contribution in [2.24, 2.45) is 4.99 Å². The van der Waals surface area contributed by atoms with E-state index in [9.17, 15) is 9.59 Å². The first-order valence-electron chi connectivity index (χ1n) is 7.02. The lowest BCUT2D eigenvalue weighted by molar-refractivity contribution is 0.0585. The maximum absolute atomic E-state index is 12.1. The van der Waals surface area contributed by atoms with Gasteiger partial charge in [0.15, 0.2) is 0 Å². The van der Waals surface area contributed by atoms with Crippen molar-refractivity contribution in [3.63, 3.8) is 0 Å². The van der Waals surface area contributed by atoms with Gasteiger partial charge in [0, 0.05) is 5.70 Å². The van der Waals surface area contributed by atoms with E-state index in [0.29, 0.717) is 11.2 Å². The van der Waals surface area contributed by atoms with Crippen LogP contribution in [0.1, 0.15) is 10.6 Å². The Morgan fingerprint density at radius 1 is 1.30 bits per heavy atom. The minimum absolute atomic E-state index is 0.189. The van der Waals surface area contributed by atoms with Gasteiger partial charge in [-0.05, 0) is 30.4 Å². The van der Waals surface area contributed by atoms with Gasteiger partial charge in [0.25, 0.3) is 0 Å². The molecule has 0 fully saturated rings. The van der Waals surface area contributed by atoms with Crippen LogP contribution in [0.4, 0.5) is 4.79 Å². The molecule has 1 atom stereocenters. The number of fused-ring (bicyclic) bond motifs is 2. The predicted molar refractivity (Wildman–Crippen MR) is 84.2 cm³/mol. The molecule has 7 nitrogen and oxygen atoms in total. The third kappa shape index (κ3) is 2.05. The molecule has 1 unspecified atom stereocenters. The summed E-state index contributed by atoms with van der Waals surface area (Å²) in [5, 5.41) is 2.74. The van der Waals surface area contributed by atoms with Gasteiger partial charge >= 0.3 is 12.0 Å². The normalized spacial score (nSPS) is 19.2. The van der Waals surface area contributed by atoms with Crippen LogP contribution in [0, 0.1) is 0 Å². The molecule has 4 rings (SSSR count). The molecule has 114 valence electrons. The highest BCUT2D eigenvalue weighted by Gasteiger charge is 2.27. The van der Waals surface area contributed by atoms with Crippen LogP contribution >= 0.6 is 0 Å². The SMILES string of the molecule is COC(=O)c1nc2ccccc2n1C1=CC2NC(=O)N=C2C=C1. The van der Waals surface area contributed by atoms with Crippen LogP contribution in [0.15, 0.2) is 47.5 Å². The van der Waals surface area contributed by atoms with Crippen molar-refractivity contribution in [3.05, 3.63) is 48.3 Å². The van der Waals surface area contributed by atoms with E-state index >= 15 is 0 Å². The Balaban J connectivity index is 1.90. The number of para-hydroxylation sites is 2. The summed E-state index contributed by atoms with van der Waals surface area (Å²) in [6.07, 6.45) is 5.40. The number of amides is 2. The number of nitrogens with zero attached hydrogens (tertiary/aromatic N) is 3. The first-order valence-corrected chi connectivity index (χ1v) is 7.02. The summed E-state index contributed by atoms with van der Waals surface area (Å²) in [5.74, 6) is -0.334. The maximum Gasteiger partial charge on any atom is 0.374 e. The van der Waals surface area contributed by atoms with Crippen molar-refractivity contribution in [2.75, 3.05) is 7.11 Å². The lowest BCUT2D eigenvalue weighted by Gasteiger charge is -2.16. The Morgan fingerprint density at radius 2 is 2.13 bits per heavy atom. The molecule has 2 heterocycles. The van der Waals surface area contributed by atoms with E-state index in [2.05, 4.69) is 15.3 Å². The second kappa shape index (κ2) is 4.91. The molecular formula is C16H12N4O3. The van der Waals surface area contributed by atoms with Crippen molar-refractivity contribution < 1.29 is 14.3 Å². The van der Waals surface area contributed by atoms with Crippen LogP contribution in [-0.2, 0) is 4.74 Å². The Kier molecular flexibility index (Phi) is 2.87. The molecule has 0 spiro atoms. The van der Waals surface area contributed by atoms with Gasteiger partial charge in [-0.1, -0.05) is 12.1 Å². The molecule has 1 aliphatic carbocycles. The number of hydrogen-bond donors (Lipinski definition) is 1. The molecule has 2 amide bonds. The highest BCUT2D eigenvalue weighted by atomic mass is 16.5. The average molecular weight is 308 g/mol. The molecule has 1 N–H and O–H groups in total. The molecule has 0 bridgehead atoms. The van der Waals surface area contributed by atoms with Gasteiger partial charge < -0.3 is 10.1 Å². The summed E-state index contributed by atoms with van der Waals surface area (Å²) in [7, 11) is 1.32. The molecule has 2 aromatic rings. The number of nitrogens with one attached hydrogen (secondary N) is 1. The number of carbonyl (C=O) groups excluding carboxylic acids is 2. The number of allylic oxidation sites excluding steroid dienone is 2. The second-order valence-electron chi connectivity index (χ2n) is 5.14. The van der Waals surface area contributed by atoms with E-state index in [1.165, 1.54) is 7.11 Å². The number of rotatable bonds is 2. The molecule has 23 heavy (non-hydrogen) atoms. The summed E-state index contributed by atoms with van der Waals surface area (Å²) in [5.41, 5.74) is 2.86. The highest BCUT2D eigenvalue weighted by Crippen LogP contribution is 2.25. The molecule has 1 aromatic carbocycles. The van der Waals surface area contributed by atoms with E-state index in [0.717, 1.165) is 11.2 Å². The van der Waals surface area contributed by atoms with Crippen molar-refractivity contribution in [3.8, 4) is 0 Å². The number of carbonyl (C=O) groups is 2. The van der Waals surface area contributed by atoms with Crippen molar-refractivity contribution in [1.82, 2.24) is 14.9 Å². The summed E-state index contributed by atoms with van der Waals surface area (Å²) >= 11 is 0. The van der Waals surface area contributed by atoms with Crippen molar-refractivity contribution in [1.29, 1.82) is 0 Å². The Morgan fingerprint density at radius 3 is 2.96 bits per heavy atom. The topological polar surface area (TPSA) is 85.6 Å². The zero-order valence-electron chi connectivity index (χ0n) is 12.2. The van der Waals surface area contributed by atoms with E-state index in [4.69, 9.17) is 4.74 Å². The fourth-order valence-corrected chi connectivity index (χ4v) is 2.76. The molecule has 2 aliphatic rings. The molecule has 0 radical (unpaired) electrons. The minimum atomic E-state index is -0.523. The molecule has 0 saturated heterocycles. The number of urea groups is 1. The van der Waals surface area contributed by atoms with Gasteiger partial charge in [-0.25, -0.2) is 14.6 Å². The van der Waals surface area contributed by atoms with Crippen molar-refractivity contribution in [2.45, 2.75) is 6.04 Å². The van der Waals surface area contributed by atoms with Gasteiger partial charge in [-0.15, -0.1) is 0 Å². The molecule has 1 aliphatic heterocycles. The number of aliphatic imine (C=N–C) groups is 1. The first-order chi connectivity index (χ1) is 11.2. The van der Waals surface area contributed by atoms with E-state index in [1.54, 1.807) is 16.7 Å². The first kappa shape index (κ1) is 13.4. The second-order valence-corrected chi connectivity index (χ2v) is 5.14. The summed E-state index contributed by atoms with van der Waals surface area (Å²) in [6.45, 7) is 0. The van der Waals surface area contributed by atoms with Crippen LogP contribution in [0.5, 0.6) is 0 Å². The number of hydrogen-bond acceptors (Lipinski definition) is 4. The van der Waals surface area contributed by atoms with Crippen LogP contribution in [0.25, 0.3) is 16.7 Å². The monoisotopic (exact) mass is 308 g/mol. The maximum atomic E-state index is 12.1. The molecule has 0 saturated carbocycles. The third-order valence-electron chi connectivity index (χ3n) is 3.78. The number of methoxy groups -OCH3 is 1. The number of aromatic nitrogens is 2. The van der Waals surface area contributed by atoms with Gasteiger partial charge in [-0.3, -0.25) is 4.57 Å². The number of ether oxygens (including phenoxy) is 1. The quantitative estimate of drug-likeness (QED) is 0.857. The Labute approximate surface area is 131 Å². The highest BCUT2D eigenvalue weighted by molar-refractivity contribution is 6.14. The lowest BCUT2D eigenvalue weighted by atomic mass is 10.1. The van der Waals surface area contributed by atoms with E-state index < -0.39 is 5.97 Å². The molecular weight excluding hydrogens is 296 g/mol. The summed E-state index contributed by atoms with van der Waals surface area (Å²) in [4.78, 5) is 31.7. The van der Waals surface area contributed by atoms with Crippen LogP contribution in [-0.4, -0.2) is 40.4 Å². The largest absolute Gasteiger partial charge is 0.463 e.